The lowest BCUT2D eigenvalue weighted by atomic mass is 10.0. The highest BCUT2D eigenvalue weighted by Crippen LogP contribution is 2.42. The lowest BCUT2D eigenvalue weighted by Crippen LogP contribution is -2.37. The molecule has 1 saturated heterocycles. The van der Waals surface area contributed by atoms with Gasteiger partial charge in [0.25, 0.3) is 0 Å². The van der Waals surface area contributed by atoms with Crippen LogP contribution in [0.25, 0.3) is 6.08 Å². The average Bonchev–Trinajstić information content (AvgIpc) is 3.37. The van der Waals surface area contributed by atoms with E-state index in [9.17, 15) is 4.79 Å². The maximum atomic E-state index is 12.9. The Labute approximate surface area is 169 Å². The average molecular weight is 393 g/mol. The molecule has 0 aliphatic carbocycles. The molecule has 2 aromatic rings. The normalized spacial score (nSPS) is 22.2. The Morgan fingerprint density at radius 2 is 2.07 bits per heavy atom. The van der Waals surface area contributed by atoms with E-state index < -0.39 is 0 Å². The van der Waals surface area contributed by atoms with Crippen LogP contribution in [0.15, 0.2) is 42.2 Å². The molecule has 0 radical (unpaired) electrons. The number of carbonyl (C=O) groups is 1. The first kappa shape index (κ1) is 18.2. The zero-order chi connectivity index (χ0) is 19.8. The van der Waals surface area contributed by atoms with Crippen molar-refractivity contribution >= 4 is 11.9 Å². The molecule has 0 amide bonds. The van der Waals surface area contributed by atoms with Gasteiger partial charge in [0.15, 0.2) is 5.76 Å². The molecule has 0 bridgehead atoms. The maximum Gasteiger partial charge on any atom is 0.231 e. The fraction of sp³-hybridized carbons (Fsp3) is 0.348. The second kappa shape index (κ2) is 7.54. The second-order valence-electron chi connectivity index (χ2n) is 7.55. The summed E-state index contributed by atoms with van der Waals surface area (Å²) in [5.41, 5.74) is 2.40. The van der Waals surface area contributed by atoms with Gasteiger partial charge in [-0.05, 0) is 48.7 Å². The fourth-order valence-corrected chi connectivity index (χ4v) is 4.05. The first-order valence-electron chi connectivity index (χ1n) is 9.92. The Hall–Kier alpha value is -2.83. The number of Topliss-reactive ketones (excluding diaryl/α,β-unsaturated/α-hetero) is 1. The molecule has 3 heterocycles. The molecule has 2 aromatic carbocycles. The smallest absolute Gasteiger partial charge is 0.231 e. The van der Waals surface area contributed by atoms with Crippen molar-refractivity contribution in [3.63, 3.8) is 0 Å². The van der Waals surface area contributed by atoms with E-state index in [1.54, 1.807) is 19.3 Å². The number of ether oxygens (including phenoxy) is 4. The van der Waals surface area contributed by atoms with Crippen LogP contribution >= 0.6 is 0 Å². The van der Waals surface area contributed by atoms with Crippen LogP contribution in [-0.4, -0.2) is 43.8 Å². The predicted molar refractivity (Wildman–Crippen MR) is 107 cm³/mol. The zero-order valence-corrected chi connectivity index (χ0v) is 16.3. The monoisotopic (exact) mass is 393 g/mol. The minimum atomic E-state index is -0.102. The molecule has 29 heavy (non-hydrogen) atoms. The number of hydrogen-bond donors (Lipinski definition) is 0. The summed E-state index contributed by atoms with van der Waals surface area (Å²) in [7, 11) is 1.63. The summed E-state index contributed by atoms with van der Waals surface area (Å²) in [4.78, 5) is 15.1. The number of rotatable bonds is 4. The molecule has 5 rings (SSSR count). The third-order valence-electron chi connectivity index (χ3n) is 5.58. The van der Waals surface area contributed by atoms with E-state index in [0.717, 1.165) is 48.6 Å². The van der Waals surface area contributed by atoms with E-state index >= 15 is 0 Å². The number of hydrogen-bond acceptors (Lipinski definition) is 6. The van der Waals surface area contributed by atoms with Gasteiger partial charge in [0.05, 0.1) is 24.3 Å². The van der Waals surface area contributed by atoms with E-state index in [1.165, 1.54) is 0 Å². The molecule has 3 aliphatic heterocycles. The molecule has 0 spiro atoms. The summed E-state index contributed by atoms with van der Waals surface area (Å²) in [6.45, 7) is 2.86. The highest BCUT2D eigenvalue weighted by molar-refractivity contribution is 6.15. The SMILES string of the molecule is COc1ccc(C=C2Oc3c(ccc4c3CN(C[C@H]3CCCO3)CO4)C2=O)cc1. The van der Waals surface area contributed by atoms with Crippen LogP contribution in [-0.2, 0) is 11.3 Å². The molecule has 3 aliphatic rings. The summed E-state index contributed by atoms with van der Waals surface area (Å²) < 4.78 is 22.9. The first-order chi connectivity index (χ1) is 14.2. The number of nitrogens with zero attached hydrogens (tertiary/aromatic N) is 1. The van der Waals surface area contributed by atoms with E-state index in [2.05, 4.69) is 4.90 Å². The number of benzene rings is 2. The van der Waals surface area contributed by atoms with Crippen molar-refractivity contribution in [3.8, 4) is 17.2 Å². The molecule has 6 heteroatoms. The molecule has 1 atom stereocenters. The van der Waals surface area contributed by atoms with E-state index in [4.69, 9.17) is 18.9 Å². The van der Waals surface area contributed by atoms with Gasteiger partial charge in [-0.1, -0.05) is 12.1 Å². The van der Waals surface area contributed by atoms with Crippen molar-refractivity contribution in [3.05, 3.63) is 58.8 Å². The number of methoxy groups -OCH3 is 1. The van der Waals surface area contributed by atoms with Crippen LogP contribution < -0.4 is 14.2 Å². The topological polar surface area (TPSA) is 57.2 Å². The van der Waals surface area contributed by atoms with Crippen LogP contribution in [0.4, 0.5) is 0 Å². The van der Waals surface area contributed by atoms with Crippen LogP contribution in [0.5, 0.6) is 17.2 Å². The van der Waals surface area contributed by atoms with E-state index in [1.807, 2.05) is 30.3 Å². The molecule has 0 aromatic heterocycles. The molecule has 0 saturated carbocycles. The van der Waals surface area contributed by atoms with Crippen LogP contribution in [0.3, 0.4) is 0 Å². The molecular formula is C23H23NO5. The molecule has 1 fully saturated rings. The van der Waals surface area contributed by atoms with Crippen LogP contribution in [0, 0.1) is 0 Å². The lowest BCUT2D eigenvalue weighted by Gasteiger charge is -2.31. The summed E-state index contributed by atoms with van der Waals surface area (Å²) in [6.07, 6.45) is 4.22. The first-order valence-corrected chi connectivity index (χ1v) is 9.92. The van der Waals surface area contributed by atoms with Gasteiger partial charge in [0, 0.05) is 19.7 Å². The highest BCUT2D eigenvalue weighted by atomic mass is 16.5. The third kappa shape index (κ3) is 3.50. The molecule has 0 unspecified atom stereocenters. The van der Waals surface area contributed by atoms with E-state index in [0.29, 0.717) is 30.3 Å². The zero-order valence-electron chi connectivity index (χ0n) is 16.3. The van der Waals surface area contributed by atoms with Crippen molar-refractivity contribution in [2.75, 3.05) is 27.0 Å². The predicted octanol–water partition coefficient (Wildman–Crippen LogP) is 3.64. The Kier molecular flexibility index (Phi) is 4.73. The molecule has 150 valence electrons. The van der Waals surface area contributed by atoms with Crippen molar-refractivity contribution < 1.29 is 23.7 Å². The summed E-state index contributed by atoms with van der Waals surface area (Å²) in [5.74, 6) is 2.39. The number of allylic oxidation sites excluding steroid dienone is 1. The maximum absolute atomic E-state index is 12.9. The molecule has 6 nitrogen and oxygen atoms in total. The van der Waals surface area contributed by atoms with Gasteiger partial charge in [-0.2, -0.15) is 0 Å². The van der Waals surface area contributed by atoms with Gasteiger partial charge in [0.2, 0.25) is 5.78 Å². The summed E-state index contributed by atoms with van der Waals surface area (Å²) >= 11 is 0. The minimum Gasteiger partial charge on any atom is -0.497 e. The number of carbonyl (C=O) groups excluding carboxylic acids is 1. The Morgan fingerprint density at radius 1 is 1.21 bits per heavy atom. The highest BCUT2D eigenvalue weighted by Gasteiger charge is 2.34. The van der Waals surface area contributed by atoms with Crippen molar-refractivity contribution in [2.45, 2.75) is 25.5 Å². The fourth-order valence-electron chi connectivity index (χ4n) is 4.05. The second-order valence-corrected chi connectivity index (χ2v) is 7.55. The Bertz CT molecular complexity index is 960. The van der Waals surface area contributed by atoms with Gasteiger partial charge in [-0.3, -0.25) is 9.69 Å². The molecular weight excluding hydrogens is 370 g/mol. The van der Waals surface area contributed by atoms with Gasteiger partial charge in [-0.15, -0.1) is 0 Å². The third-order valence-corrected chi connectivity index (χ3v) is 5.58. The van der Waals surface area contributed by atoms with Crippen LogP contribution in [0.2, 0.25) is 0 Å². The van der Waals surface area contributed by atoms with Gasteiger partial charge in [-0.25, -0.2) is 0 Å². The minimum absolute atomic E-state index is 0.102. The number of ketones is 1. The van der Waals surface area contributed by atoms with Gasteiger partial charge in [0.1, 0.15) is 24.0 Å². The van der Waals surface area contributed by atoms with E-state index in [-0.39, 0.29) is 11.9 Å². The van der Waals surface area contributed by atoms with Crippen molar-refractivity contribution in [2.24, 2.45) is 0 Å². The van der Waals surface area contributed by atoms with Crippen molar-refractivity contribution in [1.82, 2.24) is 4.90 Å². The Morgan fingerprint density at radius 3 is 2.83 bits per heavy atom. The van der Waals surface area contributed by atoms with Crippen LogP contribution in [0.1, 0.15) is 34.3 Å². The molecule has 0 N–H and O–H groups in total. The number of fused-ring (bicyclic) bond motifs is 3. The largest absolute Gasteiger partial charge is 0.497 e. The quantitative estimate of drug-likeness (QED) is 0.740. The summed E-state index contributed by atoms with van der Waals surface area (Å²) in [5, 5.41) is 0. The van der Waals surface area contributed by atoms with Gasteiger partial charge >= 0.3 is 0 Å². The lowest BCUT2D eigenvalue weighted by molar-refractivity contribution is 0.0274. The standard InChI is InChI=1S/C23H23NO5/c1-26-16-6-4-15(5-7-16)11-21-22(25)18-8-9-20-19(23(18)29-21)13-24(14-28-20)12-17-3-2-10-27-17/h4-9,11,17H,2-3,10,12-14H2,1H3/t17-/m1/s1. The van der Waals surface area contributed by atoms with Gasteiger partial charge < -0.3 is 18.9 Å². The Balaban J connectivity index is 1.39. The van der Waals surface area contributed by atoms with Crippen molar-refractivity contribution in [1.29, 1.82) is 0 Å². The summed E-state index contributed by atoms with van der Waals surface area (Å²) in [6, 6.07) is 11.2.